The van der Waals surface area contributed by atoms with Gasteiger partial charge in [-0.3, -0.25) is 0 Å². The molecule has 1 aliphatic carbocycles. The molecule has 0 amide bonds. The first kappa shape index (κ1) is 10.2. The van der Waals surface area contributed by atoms with Crippen molar-refractivity contribution in [2.24, 2.45) is 0 Å². The Balaban J connectivity index is 3.25. The predicted octanol–water partition coefficient (Wildman–Crippen LogP) is 3.41. The van der Waals surface area contributed by atoms with Crippen molar-refractivity contribution in [1.82, 2.24) is 0 Å². The van der Waals surface area contributed by atoms with E-state index in [9.17, 15) is 0 Å². The van der Waals surface area contributed by atoms with Crippen LogP contribution in [0, 0.1) is 0 Å². The summed E-state index contributed by atoms with van der Waals surface area (Å²) in [5.74, 6) is 0. The van der Waals surface area contributed by atoms with Crippen LogP contribution in [0.5, 0.6) is 0 Å². The van der Waals surface area contributed by atoms with Gasteiger partial charge in [-0.1, -0.05) is 0 Å². The van der Waals surface area contributed by atoms with Gasteiger partial charge >= 0.3 is 85.1 Å². The van der Waals surface area contributed by atoms with Gasteiger partial charge in [0.1, 0.15) is 0 Å². The van der Waals surface area contributed by atoms with Crippen LogP contribution in [0.25, 0.3) is 0 Å². The van der Waals surface area contributed by atoms with Gasteiger partial charge in [-0.2, -0.15) is 0 Å². The minimum atomic E-state index is 0.355. The van der Waals surface area contributed by atoms with Crippen molar-refractivity contribution in [3.05, 3.63) is 22.3 Å². The van der Waals surface area contributed by atoms with Gasteiger partial charge in [0.25, 0.3) is 0 Å². The molecule has 1 heteroatoms. The Labute approximate surface area is 85.3 Å². The van der Waals surface area contributed by atoms with Crippen molar-refractivity contribution in [3.8, 4) is 0 Å². The van der Waals surface area contributed by atoms with Crippen molar-refractivity contribution >= 4 is 17.7 Å². The second kappa shape index (κ2) is 3.09. The Bertz CT molecular complexity index is 245. The molecular weight excluding hydrogens is 139 g/mol. The van der Waals surface area contributed by atoms with E-state index in [1.165, 1.54) is 17.6 Å². The van der Waals surface area contributed by atoms with Crippen molar-refractivity contribution in [2.45, 2.75) is 45.1 Å². The molecule has 0 unspecified atom stereocenters. The summed E-state index contributed by atoms with van der Waals surface area (Å²) >= 11 is 2.36. The quantitative estimate of drug-likeness (QED) is 0.510. The molecule has 0 aromatic heterocycles. The van der Waals surface area contributed by atoms with Crippen LogP contribution in [0.2, 0.25) is 4.09 Å². The normalized spacial score (nSPS) is 22.6. The number of rotatable bonds is 1. The Hall–Kier alpha value is 0.0774. The average molecular weight is 156 g/mol. The molecule has 0 heterocycles. The molecule has 0 aromatic carbocycles. The second-order valence-corrected chi connectivity index (χ2v) is 4.19. The van der Waals surface area contributed by atoms with E-state index in [0.29, 0.717) is 4.09 Å². The molecule has 1 aliphatic rings. The van der Waals surface area contributed by atoms with Crippen LogP contribution >= 0.6 is 0 Å². The molecule has 0 bridgehead atoms. The fraction of sp³-hybridized carbons (Fsp3) is 0.636. The van der Waals surface area contributed by atoms with E-state index in [0.717, 1.165) is 0 Å². The number of hydrogen-bond donors (Lipinski definition) is 0. The van der Waals surface area contributed by atoms with Crippen molar-refractivity contribution < 1.29 is 0 Å². The van der Waals surface area contributed by atoms with Crippen LogP contribution < -0.4 is 0 Å². The van der Waals surface area contributed by atoms with Crippen LogP contribution in [0.15, 0.2) is 22.3 Å². The van der Waals surface area contributed by atoms with Crippen molar-refractivity contribution in [2.75, 3.05) is 0 Å². The van der Waals surface area contributed by atoms with Crippen molar-refractivity contribution in [3.63, 3.8) is 0 Å². The first-order chi connectivity index (χ1) is 5.45. The van der Waals surface area contributed by atoms with Gasteiger partial charge in [-0.15, -0.1) is 0 Å². The monoisotopic (exact) mass is 156 g/mol. The van der Waals surface area contributed by atoms with E-state index in [4.69, 9.17) is 0 Å². The van der Waals surface area contributed by atoms with E-state index in [1.54, 1.807) is 11.1 Å². The van der Waals surface area contributed by atoms with Gasteiger partial charge in [0.05, 0.1) is 0 Å². The summed E-state index contributed by atoms with van der Waals surface area (Å²) in [6, 6.07) is 0. The third-order valence-electron chi connectivity index (χ3n) is 4.05. The molecule has 1 rings (SSSR count). The first-order valence-corrected chi connectivity index (χ1v) is 4.81. The van der Waals surface area contributed by atoms with E-state index in [-0.39, 0.29) is 0 Å². The zero-order chi connectivity index (χ0) is 9.52. The third-order valence-corrected chi connectivity index (χ3v) is 4.05. The van der Waals surface area contributed by atoms with E-state index >= 15 is 0 Å². The molecule has 0 saturated carbocycles. The molecule has 0 spiro atoms. The summed E-state index contributed by atoms with van der Waals surface area (Å²) in [7, 11) is 0. The van der Waals surface area contributed by atoms with Crippen molar-refractivity contribution in [1.29, 1.82) is 0 Å². The van der Waals surface area contributed by atoms with Crippen LogP contribution in [0.3, 0.4) is 0 Å². The summed E-state index contributed by atoms with van der Waals surface area (Å²) in [4.78, 5) is 0. The van der Waals surface area contributed by atoms with Gasteiger partial charge in [0, 0.05) is 0 Å². The molecule has 0 atom stereocenters. The molecule has 62 valence electrons. The average Bonchev–Trinajstić information content (AvgIpc) is 2.22. The first-order valence-electron chi connectivity index (χ1n) is 4.81. The number of hydrogen-bond acceptors (Lipinski definition) is 0. The third kappa shape index (κ3) is 1.13. The van der Waals surface area contributed by atoms with Crippen LogP contribution in [-0.4, -0.2) is 17.7 Å². The summed E-state index contributed by atoms with van der Waals surface area (Å²) in [5.41, 5.74) is 6.16. The zero-order valence-electron chi connectivity index (χ0n) is 9.21. The number of allylic oxidation sites excluding steroid dienone is 4. The maximum atomic E-state index is 2.36. The van der Waals surface area contributed by atoms with E-state index in [2.05, 4.69) is 52.3 Å². The Morgan fingerprint density at radius 2 is 1.33 bits per heavy atom. The summed E-state index contributed by atoms with van der Waals surface area (Å²) in [6.07, 6.45) is 1.22. The molecule has 0 radical (unpaired) electrons. The SMILES string of the molecule is [Li][C]1(CC)C(C)=C(C)C(C)=C1C. The molecule has 0 N–H and O–H groups in total. The van der Waals surface area contributed by atoms with Gasteiger partial charge in [0.15, 0.2) is 0 Å². The summed E-state index contributed by atoms with van der Waals surface area (Å²) in [5, 5.41) is 0. The summed E-state index contributed by atoms with van der Waals surface area (Å²) < 4.78 is 0.355. The van der Waals surface area contributed by atoms with E-state index in [1.807, 2.05) is 0 Å². The predicted molar refractivity (Wildman–Crippen MR) is 55.5 cm³/mol. The van der Waals surface area contributed by atoms with Gasteiger partial charge in [0.2, 0.25) is 0 Å². The zero-order valence-corrected chi connectivity index (χ0v) is 9.21. The van der Waals surface area contributed by atoms with Crippen LogP contribution in [0.1, 0.15) is 41.0 Å². The molecule has 0 aliphatic heterocycles. The van der Waals surface area contributed by atoms with Gasteiger partial charge in [-0.05, 0) is 0 Å². The van der Waals surface area contributed by atoms with Gasteiger partial charge in [-0.25, -0.2) is 0 Å². The Morgan fingerprint density at radius 3 is 1.50 bits per heavy atom. The minimum absolute atomic E-state index is 0.355. The fourth-order valence-electron chi connectivity index (χ4n) is 2.20. The second-order valence-electron chi connectivity index (χ2n) is 4.19. The van der Waals surface area contributed by atoms with Gasteiger partial charge < -0.3 is 0 Å². The Kier molecular flexibility index (Phi) is 2.62. The molecule has 0 fully saturated rings. The Morgan fingerprint density at radius 1 is 1.00 bits per heavy atom. The molecule has 0 saturated heterocycles. The maximum absolute atomic E-state index is 2.36. The molecule has 0 nitrogen and oxygen atoms in total. The molecular formula is C11H17Li. The summed E-state index contributed by atoms with van der Waals surface area (Å²) in [6.45, 7) is 11.3. The standard InChI is InChI=1S/C11H17.Li/c1-6-11-9(4)7(2)8(3)10(11)5;/h6H2,1-5H3;. The fourth-order valence-corrected chi connectivity index (χ4v) is 2.20. The molecule has 0 aromatic rings. The van der Waals surface area contributed by atoms with Crippen LogP contribution in [-0.2, 0) is 0 Å². The molecule has 12 heavy (non-hydrogen) atoms. The topological polar surface area (TPSA) is 0 Å². The van der Waals surface area contributed by atoms with Crippen LogP contribution in [0.4, 0.5) is 0 Å². The van der Waals surface area contributed by atoms with E-state index < -0.39 is 0 Å².